The first-order valence-corrected chi connectivity index (χ1v) is 7.25. The Balaban J connectivity index is 2.06. The van der Waals surface area contributed by atoms with Crippen LogP contribution in [0.15, 0.2) is 0 Å². The van der Waals surface area contributed by atoms with E-state index in [0.717, 1.165) is 42.6 Å². The van der Waals surface area contributed by atoms with E-state index in [0.29, 0.717) is 0 Å². The average Bonchev–Trinajstić information content (AvgIpc) is 3.18. The van der Waals surface area contributed by atoms with E-state index < -0.39 is 0 Å². The molecule has 1 atom stereocenters. The minimum atomic E-state index is 0.0102. The number of methoxy groups -OCH3 is 1. The van der Waals surface area contributed by atoms with Crippen LogP contribution in [0, 0.1) is 13.8 Å². The first-order chi connectivity index (χ1) is 9.15. The molecule has 1 fully saturated rings. The van der Waals surface area contributed by atoms with Gasteiger partial charge in [0, 0.05) is 24.5 Å². The Kier molecular flexibility index (Phi) is 4.88. The van der Waals surface area contributed by atoms with Gasteiger partial charge >= 0.3 is 0 Å². The summed E-state index contributed by atoms with van der Waals surface area (Å²) in [5.74, 6) is 0.818. The molecule has 1 aromatic heterocycles. The van der Waals surface area contributed by atoms with Crippen molar-refractivity contribution in [2.45, 2.75) is 58.6 Å². The monoisotopic (exact) mass is 263 g/mol. The van der Waals surface area contributed by atoms with E-state index in [1.54, 1.807) is 7.11 Å². The molecule has 1 aliphatic carbocycles. The van der Waals surface area contributed by atoms with Crippen LogP contribution in [0.25, 0.3) is 0 Å². The molecule has 0 bridgehead atoms. The third-order valence-electron chi connectivity index (χ3n) is 3.77. The topological polar surface area (TPSA) is 47.0 Å². The largest absolute Gasteiger partial charge is 0.373 e. The van der Waals surface area contributed by atoms with Gasteiger partial charge in [0.15, 0.2) is 5.82 Å². The predicted molar refractivity (Wildman–Crippen MR) is 76.3 cm³/mol. The highest BCUT2D eigenvalue weighted by Gasteiger charge is 2.20. The summed E-state index contributed by atoms with van der Waals surface area (Å²) in [6, 6.07) is 0.763. The van der Waals surface area contributed by atoms with E-state index >= 15 is 0 Å². The Hall–Kier alpha value is -1.00. The highest BCUT2D eigenvalue weighted by Crippen LogP contribution is 2.21. The highest BCUT2D eigenvalue weighted by atomic mass is 16.5. The number of rotatable bonds is 7. The highest BCUT2D eigenvalue weighted by molar-refractivity contribution is 5.25. The molecule has 2 rings (SSSR count). The zero-order chi connectivity index (χ0) is 13.8. The zero-order valence-corrected chi connectivity index (χ0v) is 12.5. The van der Waals surface area contributed by atoms with Crippen LogP contribution >= 0.6 is 0 Å². The van der Waals surface area contributed by atoms with E-state index in [4.69, 9.17) is 4.74 Å². The number of hydrogen-bond donors (Lipinski definition) is 1. The molecule has 106 valence electrons. The maximum absolute atomic E-state index is 5.42. The second-order valence-electron chi connectivity index (χ2n) is 5.34. The van der Waals surface area contributed by atoms with Crippen molar-refractivity contribution in [3.63, 3.8) is 0 Å². The smallest absolute Gasteiger partial charge is 0.157 e. The number of nitrogens with one attached hydrogen (secondary N) is 1. The van der Waals surface area contributed by atoms with Crippen LogP contribution in [-0.2, 0) is 11.2 Å². The molecule has 4 nitrogen and oxygen atoms in total. The third kappa shape index (κ3) is 3.74. The fourth-order valence-corrected chi connectivity index (χ4v) is 2.41. The molecule has 1 unspecified atom stereocenters. The normalized spacial score (nSPS) is 16.6. The number of hydrogen-bond acceptors (Lipinski definition) is 4. The Morgan fingerprint density at radius 2 is 1.89 bits per heavy atom. The molecular weight excluding hydrogens is 238 g/mol. The number of aryl methyl sites for hydroxylation is 2. The van der Waals surface area contributed by atoms with E-state index in [9.17, 15) is 0 Å². The minimum absolute atomic E-state index is 0.0102. The maximum Gasteiger partial charge on any atom is 0.157 e. The lowest BCUT2D eigenvalue weighted by atomic mass is 10.1. The van der Waals surface area contributed by atoms with E-state index in [-0.39, 0.29) is 6.10 Å². The summed E-state index contributed by atoms with van der Waals surface area (Å²) in [4.78, 5) is 9.25. The molecule has 1 aliphatic rings. The summed E-state index contributed by atoms with van der Waals surface area (Å²) in [6.07, 6.45) is 4.59. The van der Waals surface area contributed by atoms with Gasteiger partial charge in [-0.25, -0.2) is 9.97 Å². The molecule has 0 aliphatic heterocycles. The van der Waals surface area contributed by atoms with Gasteiger partial charge in [-0.3, -0.25) is 0 Å². The molecule has 0 saturated heterocycles. The summed E-state index contributed by atoms with van der Waals surface area (Å²) < 4.78 is 5.42. The van der Waals surface area contributed by atoms with Gasteiger partial charge in [-0.2, -0.15) is 0 Å². The lowest BCUT2D eigenvalue weighted by molar-refractivity contribution is 0.0922. The molecule has 0 radical (unpaired) electrons. The quantitative estimate of drug-likeness (QED) is 0.821. The molecule has 0 amide bonds. The Bertz CT molecular complexity index is 402. The van der Waals surface area contributed by atoms with Crippen molar-refractivity contribution in [1.82, 2.24) is 15.3 Å². The molecule has 0 spiro atoms. The van der Waals surface area contributed by atoms with Gasteiger partial charge in [0.25, 0.3) is 0 Å². The van der Waals surface area contributed by atoms with Crippen molar-refractivity contribution >= 4 is 0 Å². The van der Waals surface area contributed by atoms with E-state index in [2.05, 4.69) is 36.1 Å². The van der Waals surface area contributed by atoms with E-state index in [1.165, 1.54) is 18.4 Å². The molecule has 4 heteroatoms. The summed E-state index contributed by atoms with van der Waals surface area (Å²) in [6.45, 7) is 7.27. The van der Waals surface area contributed by atoms with Crippen molar-refractivity contribution in [3.05, 3.63) is 22.8 Å². The number of nitrogens with zero attached hydrogens (tertiary/aromatic N) is 2. The van der Waals surface area contributed by atoms with Crippen LogP contribution < -0.4 is 5.32 Å². The molecule has 1 aromatic rings. The standard InChI is InChI=1S/C15H25N3O/c1-5-14(19-4)15-17-10(2)13(11(3)18-15)8-9-16-12-6-7-12/h12,14,16H,5-9H2,1-4H3. The molecule has 19 heavy (non-hydrogen) atoms. The van der Waals surface area contributed by atoms with Crippen molar-refractivity contribution in [2.75, 3.05) is 13.7 Å². The molecule has 1 saturated carbocycles. The maximum atomic E-state index is 5.42. The van der Waals surface area contributed by atoms with Gasteiger partial charge in [0.2, 0.25) is 0 Å². The fourth-order valence-electron chi connectivity index (χ4n) is 2.41. The number of ether oxygens (including phenoxy) is 1. The summed E-state index contributed by atoms with van der Waals surface area (Å²) in [7, 11) is 1.72. The lowest BCUT2D eigenvalue weighted by Gasteiger charge is -2.16. The fraction of sp³-hybridized carbons (Fsp3) is 0.733. The van der Waals surface area contributed by atoms with Gasteiger partial charge in [-0.1, -0.05) is 6.92 Å². The summed E-state index contributed by atoms with van der Waals surface area (Å²) >= 11 is 0. The predicted octanol–water partition coefficient (Wildman–Crippen LogP) is 2.49. The number of aromatic nitrogens is 2. The molecule has 1 heterocycles. The Labute approximate surface area is 116 Å². The van der Waals surface area contributed by atoms with Crippen molar-refractivity contribution in [1.29, 1.82) is 0 Å². The molecular formula is C15H25N3O. The van der Waals surface area contributed by atoms with Crippen molar-refractivity contribution < 1.29 is 4.74 Å². The van der Waals surface area contributed by atoms with Gasteiger partial charge in [-0.15, -0.1) is 0 Å². The molecule has 0 aromatic carbocycles. The average molecular weight is 263 g/mol. The van der Waals surface area contributed by atoms with Gasteiger partial charge in [0.05, 0.1) is 0 Å². The minimum Gasteiger partial charge on any atom is -0.373 e. The first-order valence-electron chi connectivity index (χ1n) is 7.25. The second kappa shape index (κ2) is 6.44. The molecule has 1 N–H and O–H groups in total. The van der Waals surface area contributed by atoms with Gasteiger partial charge in [-0.05, 0) is 51.6 Å². The Morgan fingerprint density at radius 3 is 2.37 bits per heavy atom. The van der Waals surface area contributed by atoms with Crippen LogP contribution in [0.2, 0.25) is 0 Å². The SMILES string of the molecule is CCC(OC)c1nc(C)c(CCNC2CC2)c(C)n1. The van der Waals surface area contributed by atoms with Gasteiger partial charge in [0.1, 0.15) is 6.10 Å². The van der Waals surface area contributed by atoms with Crippen LogP contribution in [0.5, 0.6) is 0 Å². The van der Waals surface area contributed by atoms with Crippen LogP contribution in [0.1, 0.15) is 55.1 Å². The van der Waals surface area contributed by atoms with Crippen LogP contribution in [-0.4, -0.2) is 29.7 Å². The summed E-state index contributed by atoms with van der Waals surface area (Å²) in [5, 5.41) is 3.54. The zero-order valence-electron chi connectivity index (χ0n) is 12.5. The second-order valence-corrected chi connectivity index (χ2v) is 5.34. The Morgan fingerprint density at radius 1 is 1.26 bits per heavy atom. The van der Waals surface area contributed by atoms with Crippen LogP contribution in [0.3, 0.4) is 0 Å². The first kappa shape index (κ1) is 14.4. The van der Waals surface area contributed by atoms with E-state index in [1.807, 2.05) is 0 Å². The van der Waals surface area contributed by atoms with Crippen molar-refractivity contribution in [2.24, 2.45) is 0 Å². The summed E-state index contributed by atoms with van der Waals surface area (Å²) in [5.41, 5.74) is 3.47. The van der Waals surface area contributed by atoms with Crippen molar-refractivity contribution in [3.8, 4) is 0 Å². The van der Waals surface area contributed by atoms with Gasteiger partial charge < -0.3 is 10.1 Å². The lowest BCUT2D eigenvalue weighted by Crippen LogP contribution is -2.21. The third-order valence-corrected chi connectivity index (χ3v) is 3.77. The van der Waals surface area contributed by atoms with Crippen LogP contribution in [0.4, 0.5) is 0 Å².